The van der Waals surface area contributed by atoms with Gasteiger partial charge in [-0.25, -0.2) is 0 Å². The Morgan fingerprint density at radius 2 is 2.41 bits per heavy atom. The molecule has 0 radical (unpaired) electrons. The van der Waals surface area contributed by atoms with E-state index in [1.54, 1.807) is 11.0 Å². The molecule has 1 amide bonds. The Kier molecular flexibility index (Phi) is 5.12. The largest absolute Gasteiger partial charge is 0.394 e. The molecule has 0 aromatic carbocycles. The number of hydrogen-bond donors (Lipinski definition) is 1. The maximum absolute atomic E-state index is 10.6. The van der Waals surface area contributed by atoms with Crippen molar-refractivity contribution in [1.82, 2.24) is 9.80 Å². The molecule has 0 bridgehead atoms. The molecule has 1 heterocycles. The zero-order valence-electron chi connectivity index (χ0n) is 10.5. The SMILES string of the molecule is C=CC(=CC1=CCN(C=O)C1)C(CO)N(C)C. The van der Waals surface area contributed by atoms with Gasteiger partial charge in [-0.15, -0.1) is 0 Å². The van der Waals surface area contributed by atoms with E-state index < -0.39 is 0 Å². The summed E-state index contributed by atoms with van der Waals surface area (Å²) in [5, 5.41) is 9.35. The van der Waals surface area contributed by atoms with Crippen LogP contribution < -0.4 is 0 Å². The highest BCUT2D eigenvalue weighted by Gasteiger charge is 2.16. The number of rotatable bonds is 6. The molecule has 1 unspecified atom stereocenters. The summed E-state index contributed by atoms with van der Waals surface area (Å²) in [6, 6.07) is -0.0568. The Bertz CT molecular complexity index is 345. The first-order chi connectivity index (χ1) is 8.12. The third-order valence-electron chi connectivity index (χ3n) is 2.89. The molecule has 0 saturated heterocycles. The van der Waals surface area contributed by atoms with Crippen LogP contribution in [0, 0.1) is 0 Å². The van der Waals surface area contributed by atoms with E-state index in [2.05, 4.69) is 6.58 Å². The summed E-state index contributed by atoms with van der Waals surface area (Å²) in [4.78, 5) is 14.2. The van der Waals surface area contributed by atoms with Crippen LogP contribution in [-0.2, 0) is 4.79 Å². The van der Waals surface area contributed by atoms with Gasteiger partial charge >= 0.3 is 0 Å². The van der Waals surface area contributed by atoms with Crippen molar-refractivity contribution >= 4 is 6.41 Å². The highest BCUT2D eigenvalue weighted by Crippen LogP contribution is 2.15. The molecular weight excluding hydrogens is 216 g/mol. The van der Waals surface area contributed by atoms with Gasteiger partial charge < -0.3 is 14.9 Å². The van der Waals surface area contributed by atoms with Crippen LogP contribution in [0.3, 0.4) is 0 Å². The van der Waals surface area contributed by atoms with Gasteiger partial charge in [-0.2, -0.15) is 0 Å². The van der Waals surface area contributed by atoms with E-state index >= 15 is 0 Å². The molecule has 0 saturated carbocycles. The Morgan fingerprint density at radius 1 is 1.71 bits per heavy atom. The van der Waals surface area contributed by atoms with Crippen molar-refractivity contribution < 1.29 is 9.90 Å². The lowest BCUT2D eigenvalue weighted by molar-refractivity contribution is -0.116. The third-order valence-corrected chi connectivity index (χ3v) is 2.89. The minimum Gasteiger partial charge on any atom is -0.394 e. The summed E-state index contributed by atoms with van der Waals surface area (Å²) in [6.45, 7) is 5.12. The molecule has 0 fully saturated rings. The number of aliphatic hydroxyl groups excluding tert-OH is 1. The molecule has 94 valence electrons. The van der Waals surface area contributed by atoms with Crippen LogP contribution in [0.1, 0.15) is 0 Å². The van der Waals surface area contributed by atoms with Crippen molar-refractivity contribution in [2.45, 2.75) is 6.04 Å². The summed E-state index contributed by atoms with van der Waals surface area (Å²) in [7, 11) is 3.83. The van der Waals surface area contributed by atoms with Crippen LogP contribution in [0.2, 0.25) is 0 Å². The number of carbonyl (C=O) groups excluding carboxylic acids is 1. The van der Waals surface area contributed by atoms with Crippen LogP contribution in [0.4, 0.5) is 0 Å². The topological polar surface area (TPSA) is 43.8 Å². The molecule has 1 atom stereocenters. The zero-order valence-corrected chi connectivity index (χ0v) is 10.5. The summed E-state index contributed by atoms with van der Waals surface area (Å²) < 4.78 is 0. The van der Waals surface area contributed by atoms with E-state index in [1.807, 2.05) is 31.1 Å². The highest BCUT2D eigenvalue weighted by atomic mass is 16.3. The minimum absolute atomic E-state index is 0.0511. The van der Waals surface area contributed by atoms with Crippen molar-refractivity contribution in [1.29, 1.82) is 0 Å². The fraction of sp³-hybridized carbons (Fsp3) is 0.462. The van der Waals surface area contributed by atoms with E-state index in [0.717, 1.165) is 17.6 Å². The second-order valence-corrected chi connectivity index (χ2v) is 4.32. The normalized spacial score (nSPS) is 18.2. The van der Waals surface area contributed by atoms with Crippen molar-refractivity contribution in [3.63, 3.8) is 0 Å². The van der Waals surface area contributed by atoms with Crippen LogP contribution in [0.5, 0.6) is 0 Å². The Balaban J connectivity index is 2.80. The van der Waals surface area contributed by atoms with Gasteiger partial charge in [0.05, 0.1) is 12.6 Å². The molecule has 4 heteroatoms. The standard InChI is InChI=1S/C13H20N2O2/c1-4-12(13(9-16)14(2)3)7-11-5-6-15(8-11)10-17/h4-5,7,10,13,16H,1,6,8-9H2,2-3H3. The summed E-state index contributed by atoms with van der Waals surface area (Å²) in [6.07, 6.45) is 6.62. The molecule has 4 nitrogen and oxygen atoms in total. The van der Waals surface area contributed by atoms with Gasteiger partial charge in [0, 0.05) is 13.1 Å². The molecule has 1 aliphatic heterocycles. The molecule has 1 N–H and O–H groups in total. The van der Waals surface area contributed by atoms with E-state index in [9.17, 15) is 9.90 Å². The van der Waals surface area contributed by atoms with E-state index in [1.165, 1.54) is 0 Å². The third kappa shape index (κ3) is 3.54. The summed E-state index contributed by atoms with van der Waals surface area (Å²) in [5.41, 5.74) is 2.06. The molecule has 1 aliphatic rings. The average molecular weight is 236 g/mol. The maximum Gasteiger partial charge on any atom is 0.210 e. The number of amides is 1. The van der Waals surface area contributed by atoms with Gasteiger partial charge in [0.1, 0.15) is 0 Å². The van der Waals surface area contributed by atoms with Crippen LogP contribution in [-0.4, -0.2) is 61.2 Å². The molecular formula is C13H20N2O2. The molecule has 0 spiro atoms. The molecule has 17 heavy (non-hydrogen) atoms. The van der Waals surface area contributed by atoms with Crippen LogP contribution in [0.25, 0.3) is 0 Å². The Morgan fingerprint density at radius 3 is 2.82 bits per heavy atom. The minimum atomic E-state index is -0.0568. The fourth-order valence-corrected chi connectivity index (χ4v) is 1.86. The molecule has 0 aromatic heterocycles. The van der Waals surface area contributed by atoms with Crippen molar-refractivity contribution in [3.05, 3.63) is 36.0 Å². The second-order valence-electron chi connectivity index (χ2n) is 4.32. The van der Waals surface area contributed by atoms with Gasteiger partial charge in [-0.3, -0.25) is 4.79 Å². The van der Waals surface area contributed by atoms with Gasteiger partial charge in [0.15, 0.2) is 0 Å². The first-order valence-corrected chi connectivity index (χ1v) is 5.62. The maximum atomic E-state index is 10.6. The van der Waals surface area contributed by atoms with Gasteiger partial charge in [0.25, 0.3) is 0 Å². The van der Waals surface area contributed by atoms with E-state index in [4.69, 9.17) is 0 Å². The fourth-order valence-electron chi connectivity index (χ4n) is 1.86. The monoisotopic (exact) mass is 236 g/mol. The second kappa shape index (κ2) is 6.37. The number of carbonyl (C=O) groups is 1. The molecule has 0 aliphatic carbocycles. The Labute approximate surface area is 103 Å². The van der Waals surface area contributed by atoms with Crippen molar-refractivity contribution in [2.24, 2.45) is 0 Å². The van der Waals surface area contributed by atoms with Crippen molar-refractivity contribution in [3.8, 4) is 0 Å². The lowest BCUT2D eigenvalue weighted by Crippen LogP contribution is -2.32. The predicted octanol–water partition coefficient (Wildman–Crippen LogP) is 0.420. The van der Waals surface area contributed by atoms with Gasteiger partial charge in [-0.1, -0.05) is 24.8 Å². The first kappa shape index (κ1) is 13.7. The molecule has 1 rings (SSSR count). The number of likely N-dealkylation sites (N-methyl/N-ethyl adjacent to an activating group) is 1. The highest BCUT2D eigenvalue weighted by molar-refractivity contribution is 5.51. The first-order valence-electron chi connectivity index (χ1n) is 5.62. The lowest BCUT2D eigenvalue weighted by Gasteiger charge is -2.23. The summed E-state index contributed by atoms with van der Waals surface area (Å²) >= 11 is 0. The van der Waals surface area contributed by atoms with Crippen molar-refractivity contribution in [2.75, 3.05) is 33.8 Å². The quantitative estimate of drug-likeness (QED) is 0.537. The van der Waals surface area contributed by atoms with E-state index in [0.29, 0.717) is 13.1 Å². The smallest absolute Gasteiger partial charge is 0.210 e. The Hall–Kier alpha value is -1.39. The predicted molar refractivity (Wildman–Crippen MR) is 68.6 cm³/mol. The number of aliphatic hydroxyl groups is 1. The number of nitrogens with zero attached hydrogens (tertiary/aromatic N) is 2. The van der Waals surface area contributed by atoms with Gasteiger partial charge in [0.2, 0.25) is 6.41 Å². The lowest BCUT2D eigenvalue weighted by atomic mass is 10.0. The van der Waals surface area contributed by atoms with Crippen LogP contribution in [0.15, 0.2) is 36.0 Å². The average Bonchev–Trinajstić information content (AvgIpc) is 2.76. The molecule has 0 aromatic rings. The van der Waals surface area contributed by atoms with Gasteiger partial charge in [-0.05, 0) is 25.2 Å². The van der Waals surface area contributed by atoms with Crippen LogP contribution >= 0.6 is 0 Å². The summed E-state index contributed by atoms with van der Waals surface area (Å²) in [5.74, 6) is 0. The zero-order chi connectivity index (χ0) is 12.8. The van der Waals surface area contributed by atoms with E-state index in [-0.39, 0.29) is 12.6 Å². The number of hydrogen-bond acceptors (Lipinski definition) is 3.